The van der Waals surface area contributed by atoms with E-state index < -0.39 is 12.0 Å². The van der Waals surface area contributed by atoms with Crippen LogP contribution in [0.15, 0.2) is 17.5 Å². The average Bonchev–Trinajstić information content (AvgIpc) is 2.97. The van der Waals surface area contributed by atoms with Crippen LogP contribution in [0.25, 0.3) is 0 Å². The first-order chi connectivity index (χ1) is 8.16. The standard InChI is InChI=1S/C11H14N2O3S/c14-9(6-12-7-3-4-7)13-10(11(15)16)8-2-1-5-17-8/h1-2,5,7,10,12H,3-4,6H2,(H,13,14)(H,15,16). The van der Waals surface area contributed by atoms with Gasteiger partial charge in [-0.25, -0.2) is 4.79 Å². The van der Waals surface area contributed by atoms with Crippen molar-refractivity contribution in [2.24, 2.45) is 0 Å². The lowest BCUT2D eigenvalue weighted by molar-refractivity contribution is -0.141. The van der Waals surface area contributed by atoms with E-state index in [1.165, 1.54) is 11.3 Å². The Morgan fingerprint density at radius 1 is 1.53 bits per heavy atom. The molecule has 92 valence electrons. The van der Waals surface area contributed by atoms with Crippen LogP contribution in [0, 0.1) is 0 Å². The Hall–Kier alpha value is -1.40. The van der Waals surface area contributed by atoms with Crippen LogP contribution >= 0.6 is 11.3 Å². The van der Waals surface area contributed by atoms with Crippen LogP contribution in [-0.2, 0) is 9.59 Å². The summed E-state index contributed by atoms with van der Waals surface area (Å²) in [5.74, 6) is -1.31. The zero-order valence-electron chi connectivity index (χ0n) is 9.18. The lowest BCUT2D eigenvalue weighted by Crippen LogP contribution is -2.39. The van der Waals surface area contributed by atoms with Gasteiger partial charge in [-0.05, 0) is 24.3 Å². The molecule has 1 fully saturated rings. The van der Waals surface area contributed by atoms with Crippen molar-refractivity contribution < 1.29 is 14.7 Å². The number of rotatable bonds is 6. The summed E-state index contributed by atoms with van der Waals surface area (Å²) in [7, 11) is 0. The second-order valence-electron chi connectivity index (χ2n) is 4.01. The Morgan fingerprint density at radius 3 is 2.82 bits per heavy atom. The molecule has 0 aliphatic heterocycles. The van der Waals surface area contributed by atoms with E-state index >= 15 is 0 Å². The van der Waals surface area contributed by atoms with E-state index in [9.17, 15) is 9.59 Å². The molecule has 1 aliphatic carbocycles. The maximum atomic E-state index is 11.6. The molecule has 0 saturated heterocycles. The van der Waals surface area contributed by atoms with Crippen molar-refractivity contribution in [3.63, 3.8) is 0 Å². The minimum absolute atomic E-state index is 0.180. The molecule has 1 aromatic heterocycles. The smallest absolute Gasteiger partial charge is 0.331 e. The number of carboxylic acid groups (broad SMARTS) is 1. The molecule has 5 nitrogen and oxygen atoms in total. The maximum Gasteiger partial charge on any atom is 0.331 e. The quantitative estimate of drug-likeness (QED) is 0.699. The van der Waals surface area contributed by atoms with Gasteiger partial charge in [-0.15, -0.1) is 11.3 Å². The van der Waals surface area contributed by atoms with Gasteiger partial charge in [0.25, 0.3) is 0 Å². The number of aliphatic carboxylic acids is 1. The topological polar surface area (TPSA) is 78.4 Å². The molecule has 1 aromatic rings. The minimum Gasteiger partial charge on any atom is -0.479 e. The number of amides is 1. The molecule has 1 aliphatic rings. The molecular formula is C11H14N2O3S. The molecule has 3 N–H and O–H groups in total. The van der Waals surface area contributed by atoms with Crippen molar-refractivity contribution in [3.05, 3.63) is 22.4 Å². The molecular weight excluding hydrogens is 240 g/mol. The summed E-state index contributed by atoms with van der Waals surface area (Å²) in [6, 6.07) is 2.97. The lowest BCUT2D eigenvalue weighted by Gasteiger charge is -2.13. The van der Waals surface area contributed by atoms with Crippen molar-refractivity contribution >= 4 is 23.2 Å². The molecule has 1 saturated carbocycles. The minimum atomic E-state index is -1.03. The molecule has 6 heteroatoms. The first-order valence-electron chi connectivity index (χ1n) is 5.46. The van der Waals surface area contributed by atoms with Crippen LogP contribution < -0.4 is 10.6 Å². The normalized spacial score (nSPS) is 16.5. The van der Waals surface area contributed by atoms with Gasteiger partial charge in [0.15, 0.2) is 6.04 Å². The Balaban J connectivity index is 1.88. The van der Waals surface area contributed by atoms with E-state index in [0.717, 1.165) is 12.8 Å². The third kappa shape index (κ3) is 3.54. The summed E-state index contributed by atoms with van der Waals surface area (Å²) in [5, 5.41) is 16.4. The predicted molar refractivity (Wildman–Crippen MR) is 63.9 cm³/mol. The zero-order valence-corrected chi connectivity index (χ0v) is 10.00. The third-order valence-electron chi connectivity index (χ3n) is 2.51. The summed E-state index contributed by atoms with van der Waals surface area (Å²) in [5.41, 5.74) is 0. The zero-order chi connectivity index (χ0) is 12.3. The molecule has 1 atom stereocenters. The van der Waals surface area contributed by atoms with E-state index in [1.807, 2.05) is 0 Å². The van der Waals surface area contributed by atoms with Gasteiger partial charge in [0.2, 0.25) is 5.91 Å². The first-order valence-corrected chi connectivity index (χ1v) is 6.33. The van der Waals surface area contributed by atoms with Crippen LogP contribution in [0.2, 0.25) is 0 Å². The SMILES string of the molecule is O=C(CNC1CC1)NC(C(=O)O)c1cccs1. The monoisotopic (exact) mass is 254 g/mol. The number of thiophene rings is 1. The van der Waals surface area contributed by atoms with E-state index in [4.69, 9.17) is 5.11 Å². The van der Waals surface area contributed by atoms with Gasteiger partial charge in [0.1, 0.15) is 0 Å². The molecule has 17 heavy (non-hydrogen) atoms. The fourth-order valence-electron chi connectivity index (χ4n) is 1.45. The third-order valence-corrected chi connectivity index (χ3v) is 3.45. The van der Waals surface area contributed by atoms with Crippen LogP contribution in [0.5, 0.6) is 0 Å². The highest BCUT2D eigenvalue weighted by molar-refractivity contribution is 7.10. The number of nitrogens with one attached hydrogen (secondary N) is 2. The van der Waals surface area contributed by atoms with E-state index in [2.05, 4.69) is 10.6 Å². The number of carbonyl (C=O) groups is 2. The van der Waals surface area contributed by atoms with Gasteiger partial charge >= 0.3 is 5.97 Å². The van der Waals surface area contributed by atoms with Crippen LogP contribution in [0.3, 0.4) is 0 Å². The van der Waals surface area contributed by atoms with E-state index in [-0.39, 0.29) is 12.5 Å². The highest BCUT2D eigenvalue weighted by atomic mass is 32.1. The second-order valence-corrected chi connectivity index (χ2v) is 4.99. The lowest BCUT2D eigenvalue weighted by atomic mass is 10.2. The largest absolute Gasteiger partial charge is 0.479 e. The molecule has 0 radical (unpaired) electrons. The van der Waals surface area contributed by atoms with Crippen molar-refractivity contribution in [1.29, 1.82) is 0 Å². The van der Waals surface area contributed by atoms with E-state index in [0.29, 0.717) is 10.9 Å². The van der Waals surface area contributed by atoms with Gasteiger partial charge in [-0.3, -0.25) is 4.79 Å². The first kappa shape index (κ1) is 12.1. The van der Waals surface area contributed by atoms with Gasteiger partial charge in [0.05, 0.1) is 6.54 Å². The summed E-state index contributed by atoms with van der Waals surface area (Å²) in [4.78, 5) is 23.2. The van der Waals surface area contributed by atoms with Gasteiger partial charge in [-0.2, -0.15) is 0 Å². The Morgan fingerprint density at radius 2 is 2.29 bits per heavy atom. The number of carboxylic acids is 1. The highest BCUT2D eigenvalue weighted by Gasteiger charge is 2.25. The van der Waals surface area contributed by atoms with Crippen molar-refractivity contribution in [1.82, 2.24) is 10.6 Å². The van der Waals surface area contributed by atoms with Gasteiger partial charge < -0.3 is 15.7 Å². The Bertz CT molecular complexity index is 401. The summed E-state index contributed by atoms with van der Waals surface area (Å²) in [6.07, 6.45) is 2.20. The van der Waals surface area contributed by atoms with Crippen LogP contribution in [-0.4, -0.2) is 29.6 Å². The summed E-state index contributed by atoms with van der Waals surface area (Å²) < 4.78 is 0. The average molecular weight is 254 g/mol. The van der Waals surface area contributed by atoms with Crippen molar-refractivity contribution in [2.75, 3.05) is 6.54 Å². The Labute approximate surface area is 103 Å². The molecule has 0 aromatic carbocycles. The fourth-order valence-corrected chi connectivity index (χ4v) is 2.21. The van der Waals surface area contributed by atoms with E-state index in [1.54, 1.807) is 17.5 Å². The number of hydrogen-bond acceptors (Lipinski definition) is 4. The fraction of sp³-hybridized carbons (Fsp3) is 0.455. The molecule has 1 unspecified atom stereocenters. The highest BCUT2D eigenvalue weighted by Crippen LogP contribution is 2.20. The van der Waals surface area contributed by atoms with Crippen molar-refractivity contribution in [3.8, 4) is 0 Å². The van der Waals surface area contributed by atoms with Crippen LogP contribution in [0.1, 0.15) is 23.8 Å². The van der Waals surface area contributed by atoms with Gasteiger partial charge in [-0.1, -0.05) is 6.07 Å². The maximum absolute atomic E-state index is 11.6. The van der Waals surface area contributed by atoms with Gasteiger partial charge in [0, 0.05) is 10.9 Å². The number of hydrogen-bond donors (Lipinski definition) is 3. The molecule has 1 amide bonds. The summed E-state index contributed by atoms with van der Waals surface area (Å²) >= 11 is 1.32. The van der Waals surface area contributed by atoms with Crippen molar-refractivity contribution in [2.45, 2.75) is 24.9 Å². The molecule has 2 rings (SSSR count). The number of carbonyl (C=O) groups excluding carboxylic acids is 1. The molecule has 0 spiro atoms. The Kier molecular flexibility index (Phi) is 3.75. The molecule has 1 heterocycles. The second kappa shape index (κ2) is 5.29. The summed E-state index contributed by atoms with van der Waals surface area (Å²) in [6.45, 7) is 0.180. The van der Waals surface area contributed by atoms with Crippen LogP contribution in [0.4, 0.5) is 0 Å². The predicted octanol–water partition coefficient (Wildman–Crippen LogP) is 0.742. The molecule has 0 bridgehead atoms.